The molecule has 0 aliphatic rings. The quantitative estimate of drug-likeness (QED) is 0.718. The summed E-state index contributed by atoms with van der Waals surface area (Å²) in [5.74, 6) is 2.42. The highest BCUT2D eigenvalue weighted by Crippen LogP contribution is 2.25. The fraction of sp³-hybridized carbons (Fsp3) is 0.238. The molecule has 4 heteroatoms. The van der Waals surface area contributed by atoms with Crippen molar-refractivity contribution in [2.45, 2.75) is 26.8 Å². The van der Waals surface area contributed by atoms with E-state index in [9.17, 15) is 0 Å². The average molecular weight is 333 g/mol. The second kappa shape index (κ2) is 7.34. The molecular weight excluding hydrogens is 310 g/mol. The lowest BCUT2D eigenvalue weighted by Crippen LogP contribution is -2.09. The number of hydrogen-bond donors (Lipinski definition) is 1. The van der Waals surface area contributed by atoms with Crippen molar-refractivity contribution < 1.29 is 4.74 Å². The van der Waals surface area contributed by atoms with Crippen molar-refractivity contribution in [3.63, 3.8) is 0 Å². The van der Waals surface area contributed by atoms with E-state index in [1.54, 1.807) is 7.11 Å². The molecule has 128 valence electrons. The Labute approximate surface area is 148 Å². The topological polar surface area (TPSA) is 47.0 Å². The van der Waals surface area contributed by atoms with Crippen molar-refractivity contribution in [3.8, 4) is 17.0 Å². The molecule has 1 heterocycles. The van der Waals surface area contributed by atoms with E-state index in [0.29, 0.717) is 0 Å². The Morgan fingerprint density at radius 2 is 1.72 bits per heavy atom. The molecule has 3 rings (SSSR count). The lowest BCUT2D eigenvalue weighted by atomic mass is 10.1. The summed E-state index contributed by atoms with van der Waals surface area (Å²) < 4.78 is 5.31. The van der Waals surface area contributed by atoms with Gasteiger partial charge in [0.2, 0.25) is 0 Å². The number of aryl methyl sites for hydroxylation is 2. The second-order valence-electron chi connectivity index (χ2n) is 6.19. The Morgan fingerprint density at radius 1 is 0.960 bits per heavy atom. The Balaban J connectivity index is 1.86. The summed E-state index contributed by atoms with van der Waals surface area (Å²) in [5.41, 5.74) is 4.40. The molecule has 0 spiro atoms. The van der Waals surface area contributed by atoms with Gasteiger partial charge in [-0.05, 0) is 38.5 Å². The summed E-state index contributed by atoms with van der Waals surface area (Å²) in [4.78, 5) is 9.10. The molecule has 3 aromatic rings. The molecule has 0 radical (unpaired) electrons. The minimum absolute atomic E-state index is 0.107. The molecule has 25 heavy (non-hydrogen) atoms. The number of rotatable bonds is 5. The lowest BCUT2D eigenvalue weighted by Gasteiger charge is -2.16. The molecule has 0 bridgehead atoms. The normalized spacial score (nSPS) is 11.8. The van der Waals surface area contributed by atoms with Crippen LogP contribution in [0.25, 0.3) is 11.3 Å². The Bertz CT molecular complexity index is 859. The Hall–Kier alpha value is -2.88. The number of ether oxygens (including phenoxy) is 1. The fourth-order valence-electron chi connectivity index (χ4n) is 2.73. The van der Waals surface area contributed by atoms with Crippen molar-refractivity contribution in [1.29, 1.82) is 0 Å². The number of hydrogen-bond acceptors (Lipinski definition) is 4. The van der Waals surface area contributed by atoms with Crippen molar-refractivity contribution in [2.75, 3.05) is 12.4 Å². The molecule has 2 aromatic carbocycles. The highest BCUT2D eigenvalue weighted by atomic mass is 16.5. The van der Waals surface area contributed by atoms with Crippen LogP contribution in [-0.2, 0) is 0 Å². The number of anilines is 1. The van der Waals surface area contributed by atoms with Gasteiger partial charge in [0.05, 0.1) is 18.8 Å². The van der Waals surface area contributed by atoms with Crippen LogP contribution in [-0.4, -0.2) is 17.1 Å². The van der Waals surface area contributed by atoms with E-state index < -0.39 is 0 Å². The largest absolute Gasteiger partial charge is 0.497 e. The third kappa shape index (κ3) is 4.15. The Kier molecular flexibility index (Phi) is 4.98. The van der Waals surface area contributed by atoms with E-state index in [-0.39, 0.29) is 6.04 Å². The lowest BCUT2D eigenvalue weighted by molar-refractivity contribution is 0.414. The summed E-state index contributed by atoms with van der Waals surface area (Å²) >= 11 is 0. The van der Waals surface area contributed by atoms with Crippen molar-refractivity contribution in [3.05, 3.63) is 71.5 Å². The van der Waals surface area contributed by atoms with Crippen molar-refractivity contribution in [2.24, 2.45) is 0 Å². The van der Waals surface area contributed by atoms with E-state index in [1.165, 1.54) is 5.56 Å². The maximum atomic E-state index is 5.31. The van der Waals surface area contributed by atoms with Crippen LogP contribution in [0.5, 0.6) is 5.75 Å². The van der Waals surface area contributed by atoms with E-state index in [1.807, 2.05) is 31.2 Å². The first-order valence-corrected chi connectivity index (χ1v) is 8.38. The van der Waals surface area contributed by atoms with Gasteiger partial charge in [0.15, 0.2) is 0 Å². The first-order valence-electron chi connectivity index (χ1n) is 8.38. The molecular formula is C21H23N3O. The van der Waals surface area contributed by atoms with E-state index >= 15 is 0 Å². The van der Waals surface area contributed by atoms with Crippen LogP contribution >= 0.6 is 0 Å². The van der Waals surface area contributed by atoms with Gasteiger partial charge in [0, 0.05) is 11.6 Å². The molecule has 0 fully saturated rings. The zero-order valence-corrected chi connectivity index (χ0v) is 15.1. The molecule has 0 saturated carbocycles. The number of benzene rings is 2. The van der Waals surface area contributed by atoms with Gasteiger partial charge >= 0.3 is 0 Å². The summed E-state index contributed by atoms with van der Waals surface area (Å²) in [7, 11) is 1.68. The summed E-state index contributed by atoms with van der Waals surface area (Å²) in [6, 6.07) is 18.5. The van der Waals surface area contributed by atoms with Crippen molar-refractivity contribution >= 4 is 5.82 Å². The maximum Gasteiger partial charge on any atom is 0.130 e. The summed E-state index contributed by atoms with van der Waals surface area (Å²) in [6.45, 7) is 6.11. The fourth-order valence-corrected chi connectivity index (χ4v) is 2.73. The minimum atomic E-state index is 0.107. The zero-order chi connectivity index (χ0) is 17.8. The highest BCUT2D eigenvalue weighted by molar-refractivity contribution is 5.63. The first kappa shape index (κ1) is 17.0. The van der Waals surface area contributed by atoms with Gasteiger partial charge in [-0.2, -0.15) is 0 Å². The van der Waals surface area contributed by atoms with E-state index in [2.05, 4.69) is 59.5 Å². The summed E-state index contributed by atoms with van der Waals surface area (Å²) in [6.07, 6.45) is 0. The van der Waals surface area contributed by atoms with Gasteiger partial charge < -0.3 is 10.1 Å². The zero-order valence-electron chi connectivity index (χ0n) is 15.1. The minimum Gasteiger partial charge on any atom is -0.497 e. The Morgan fingerprint density at radius 3 is 2.44 bits per heavy atom. The molecule has 0 amide bonds. The van der Waals surface area contributed by atoms with Gasteiger partial charge in [-0.15, -0.1) is 0 Å². The number of nitrogens with zero attached hydrogens (tertiary/aromatic N) is 2. The van der Waals surface area contributed by atoms with Crippen LogP contribution in [0, 0.1) is 13.8 Å². The van der Waals surface area contributed by atoms with E-state index in [4.69, 9.17) is 4.74 Å². The average Bonchev–Trinajstić information content (AvgIpc) is 2.62. The number of methoxy groups -OCH3 is 1. The third-order valence-corrected chi connectivity index (χ3v) is 4.14. The van der Waals surface area contributed by atoms with Crippen LogP contribution in [0.3, 0.4) is 0 Å². The molecule has 1 atom stereocenters. The van der Waals surface area contributed by atoms with Gasteiger partial charge in [-0.25, -0.2) is 9.97 Å². The molecule has 1 unspecified atom stereocenters. The molecule has 1 N–H and O–H groups in total. The molecule has 1 aromatic heterocycles. The number of nitrogens with one attached hydrogen (secondary N) is 1. The molecule has 0 aliphatic heterocycles. The van der Waals surface area contributed by atoms with Crippen LogP contribution < -0.4 is 10.1 Å². The summed E-state index contributed by atoms with van der Waals surface area (Å²) in [5, 5.41) is 3.47. The first-order chi connectivity index (χ1) is 12.0. The number of aromatic nitrogens is 2. The highest BCUT2D eigenvalue weighted by Gasteiger charge is 2.10. The van der Waals surface area contributed by atoms with Gasteiger partial charge in [0.25, 0.3) is 0 Å². The molecule has 0 aliphatic carbocycles. The van der Waals surface area contributed by atoms with Crippen LogP contribution in [0.4, 0.5) is 5.82 Å². The van der Waals surface area contributed by atoms with Gasteiger partial charge in [-0.3, -0.25) is 0 Å². The third-order valence-electron chi connectivity index (χ3n) is 4.14. The smallest absolute Gasteiger partial charge is 0.130 e. The van der Waals surface area contributed by atoms with Crippen LogP contribution in [0.1, 0.15) is 29.9 Å². The predicted molar refractivity (Wildman–Crippen MR) is 102 cm³/mol. The van der Waals surface area contributed by atoms with Crippen LogP contribution in [0.2, 0.25) is 0 Å². The van der Waals surface area contributed by atoms with E-state index in [0.717, 1.165) is 34.2 Å². The van der Waals surface area contributed by atoms with Crippen LogP contribution in [0.15, 0.2) is 54.6 Å². The second-order valence-corrected chi connectivity index (χ2v) is 6.19. The molecule has 0 saturated heterocycles. The SMILES string of the molecule is COc1cccc(C(C)Nc2cc(-c3ccc(C)cc3)nc(C)n2)c1. The van der Waals surface area contributed by atoms with Gasteiger partial charge in [0.1, 0.15) is 17.4 Å². The van der Waals surface area contributed by atoms with Crippen molar-refractivity contribution in [1.82, 2.24) is 9.97 Å². The predicted octanol–water partition coefficient (Wildman–Crippen LogP) is 4.94. The maximum absolute atomic E-state index is 5.31. The monoisotopic (exact) mass is 333 g/mol. The van der Waals surface area contributed by atoms with Gasteiger partial charge in [-0.1, -0.05) is 42.0 Å². The standard InChI is InChI=1S/C21H23N3O/c1-14-8-10-17(11-9-14)20-13-21(24-16(3)23-20)22-15(2)18-6-5-7-19(12-18)25-4/h5-13,15H,1-4H3,(H,22,23,24). The molecule has 4 nitrogen and oxygen atoms in total.